The number of aryl methyl sites for hydroxylation is 2. The molecule has 0 saturated carbocycles. The van der Waals surface area contributed by atoms with Crippen molar-refractivity contribution in [3.63, 3.8) is 0 Å². The van der Waals surface area contributed by atoms with Gasteiger partial charge in [0.2, 0.25) is 0 Å². The van der Waals surface area contributed by atoms with Crippen molar-refractivity contribution in [1.82, 2.24) is 5.16 Å². The zero-order valence-corrected chi connectivity index (χ0v) is 18.1. The van der Waals surface area contributed by atoms with E-state index >= 15 is 0 Å². The first-order valence-electron chi connectivity index (χ1n) is 9.97. The van der Waals surface area contributed by atoms with E-state index in [2.05, 4.69) is 10.5 Å². The Morgan fingerprint density at radius 2 is 1.73 bits per heavy atom. The standard InChI is InChI=1S/C24H28N2O4/c1-15-6-8-17(9-7-15)13-24(29,14-23(3,4)5)22(28)25-18-10-11-19-20(12-18)16(2)26-30-21(19)27/h6-12,29H,13-14H2,1-5H3,(H,25,28). The third-order valence-electron chi connectivity index (χ3n) is 5.02. The predicted octanol–water partition coefficient (Wildman–Crippen LogP) is 4.15. The minimum absolute atomic E-state index is 0.203. The average Bonchev–Trinajstić information content (AvgIpc) is 2.65. The molecule has 1 atom stereocenters. The molecular weight excluding hydrogens is 380 g/mol. The average molecular weight is 408 g/mol. The largest absolute Gasteiger partial charge is 0.380 e. The fourth-order valence-electron chi connectivity index (χ4n) is 3.70. The summed E-state index contributed by atoms with van der Waals surface area (Å²) in [6.45, 7) is 9.69. The van der Waals surface area contributed by atoms with Crippen molar-refractivity contribution in [3.05, 3.63) is 69.7 Å². The van der Waals surface area contributed by atoms with Crippen LogP contribution in [0.25, 0.3) is 10.8 Å². The predicted molar refractivity (Wildman–Crippen MR) is 118 cm³/mol. The van der Waals surface area contributed by atoms with E-state index in [0.29, 0.717) is 22.2 Å². The van der Waals surface area contributed by atoms with Crippen LogP contribution >= 0.6 is 0 Å². The van der Waals surface area contributed by atoms with E-state index in [1.807, 2.05) is 52.0 Å². The van der Waals surface area contributed by atoms with Gasteiger partial charge in [0.05, 0.1) is 11.1 Å². The molecular formula is C24H28N2O4. The molecule has 30 heavy (non-hydrogen) atoms. The Morgan fingerprint density at radius 3 is 2.37 bits per heavy atom. The van der Waals surface area contributed by atoms with E-state index in [1.54, 1.807) is 25.1 Å². The van der Waals surface area contributed by atoms with Crippen LogP contribution in [0.15, 0.2) is 51.8 Å². The van der Waals surface area contributed by atoms with E-state index in [0.717, 1.165) is 11.1 Å². The zero-order chi connectivity index (χ0) is 22.1. The van der Waals surface area contributed by atoms with Gasteiger partial charge >= 0.3 is 5.63 Å². The Bertz CT molecular complexity index is 1130. The second-order valence-corrected chi connectivity index (χ2v) is 9.20. The summed E-state index contributed by atoms with van der Waals surface area (Å²) in [6, 6.07) is 12.7. The van der Waals surface area contributed by atoms with Crippen LogP contribution in [0.2, 0.25) is 0 Å². The van der Waals surface area contributed by atoms with Gasteiger partial charge in [-0.05, 0) is 49.4 Å². The molecule has 6 heteroatoms. The maximum absolute atomic E-state index is 13.2. The summed E-state index contributed by atoms with van der Waals surface area (Å²) in [5.41, 5.74) is 0.651. The van der Waals surface area contributed by atoms with Crippen LogP contribution < -0.4 is 10.9 Å². The lowest BCUT2D eigenvalue weighted by atomic mass is 9.78. The van der Waals surface area contributed by atoms with Crippen molar-refractivity contribution in [1.29, 1.82) is 0 Å². The molecule has 1 unspecified atom stereocenters. The molecule has 1 heterocycles. The highest BCUT2D eigenvalue weighted by molar-refractivity contribution is 5.99. The van der Waals surface area contributed by atoms with E-state index in [9.17, 15) is 14.7 Å². The molecule has 0 radical (unpaired) electrons. The highest BCUT2D eigenvalue weighted by atomic mass is 16.5. The van der Waals surface area contributed by atoms with Crippen molar-refractivity contribution >= 4 is 22.4 Å². The molecule has 1 amide bonds. The van der Waals surface area contributed by atoms with Gasteiger partial charge in [0, 0.05) is 17.5 Å². The monoisotopic (exact) mass is 408 g/mol. The van der Waals surface area contributed by atoms with Crippen LogP contribution in [0, 0.1) is 19.3 Å². The topological polar surface area (TPSA) is 92.4 Å². The van der Waals surface area contributed by atoms with E-state index < -0.39 is 17.1 Å². The smallest absolute Gasteiger partial charge is 0.366 e. The number of rotatable bonds is 5. The number of aliphatic hydroxyl groups is 1. The Kier molecular flexibility index (Phi) is 5.81. The number of fused-ring (bicyclic) bond motifs is 1. The molecule has 1 aromatic heterocycles. The first-order chi connectivity index (χ1) is 14.0. The van der Waals surface area contributed by atoms with E-state index in [4.69, 9.17) is 4.52 Å². The second-order valence-electron chi connectivity index (χ2n) is 9.20. The summed E-state index contributed by atoms with van der Waals surface area (Å²) >= 11 is 0. The number of nitrogens with one attached hydrogen (secondary N) is 1. The summed E-state index contributed by atoms with van der Waals surface area (Å²) in [4.78, 5) is 25.1. The van der Waals surface area contributed by atoms with Crippen molar-refractivity contribution in [2.24, 2.45) is 5.41 Å². The molecule has 158 valence electrons. The molecule has 2 aromatic carbocycles. The summed E-state index contributed by atoms with van der Waals surface area (Å²) in [5, 5.41) is 19.0. The van der Waals surface area contributed by atoms with Gasteiger partial charge in [-0.1, -0.05) is 55.8 Å². The molecule has 0 bridgehead atoms. The van der Waals surface area contributed by atoms with Crippen molar-refractivity contribution < 1.29 is 14.4 Å². The van der Waals surface area contributed by atoms with Crippen molar-refractivity contribution in [2.45, 2.75) is 53.1 Å². The second kappa shape index (κ2) is 8.03. The normalized spacial score (nSPS) is 13.8. The molecule has 3 aromatic rings. The summed E-state index contributed by atoms with van der Waals surface area (Å²) in [7, 11) is 0. The van der Waals surface area contributed by atoms with Crippen LogP contribution in [0.4, 0.5) is 5.69 Å². The van der Waals surface area contributed by atoms with Gasteiger partial charge in [0.15, 0.2) is 0 Å². The van der Waals surface area contributed by atoms with Gasteiger partial charge in [-0.3, -0.25) is 4.79 Å². The number of carbonyl (C=O) groups excluding carboxylic acids is 1. The molecule has 0 fully saturated rings. The van der Waals surface area contributed by atoms with Gasteiger partial charge in [-0.2, -0.15) is 0 Å². The minimum atomic E-state index is -1.59. The lowest BCUT2D eigenvalue weighted by Crippen LogP contribution is -2.47. The summed E-state index contributed by atoms with van der Waals surface area (Å²) in [6.07, 6.45) is 0.492. The van der Waals surface area contributed by atoms with Gasteiger partial charge in [0.25, 0.3) is 5.91 Å². The van der Waals surface area contributed by atoms with Gasteiger partial charge in [-0.15, -0.1) is 0 Å². The SMILES string of the molecule is Cc1ccc(CC(O)(CC(C)(C)C)C(=O)Nc2ccc3c(=O)onc(C)c3c2)cc1. The number of carbonyl (C=O) groups is 1. The molecule has 6 nitrogen and oxygen atoms in total. The highest BCUT2D eigenvalue weighted by Gasteiger charge is 2.39. The Morgan fingerprint density at radius 1 is 1.07 bits per heavy atom. The van der Waals surface area contributed by atoms with Crippen molar-refractivity contribution in [3.8, 4) is 0 Å². The lowest BCUT2D eigenvalue weighted by Gasteiger charge is -2.33. The third kappa shape index (κ3) is 4.94. The van der Waals surface area contributed by atoms with Crippen molar-refractivity contribution in [2.75, 3.05) is 5.32 Å². The number of aromatic nitrogens is 1. The fourth-order valence-corrected chi connectivity index (χ4v) is 3.70. The van der Waals surface area contributed by atoms with Crippen LogP contribution in [0.1, 0.15) is 44.0 Å². The maximum atomic E-state index is 13.2. The summed E-state index contributed by atoms with van der Waals surface area (Å²) in [5.74, 6) is -0.481. The Hall–Kier alpha value is -2.99. The highest BCUT2D eigenvalue weighted by Crippen LogP contribution is 2.31. The molecule has 0 aliphatic rings. The van der Waals surface area contributed by atoms with Gasteiger partial charge in [0.1, 0.15) is 5.60 Å². The number of amides is 1. The molecule has 0 aliphatic heterocycles. The van der Waals surface area contributed by atoms with E-state index in [-0.39, 0.29) is 18.3 Å². The maximum Gasteiger partial charge on any atom is 0.366 e. The number of hydrogen-bond acceptors (Lipinski definition) is 5. The number of nitrogens with zero attached hydrogens (tertiary/aromatic N) is 1. The summed E-state index contributed by atoms with van der Waals surface area (Å²) < 4.78 is 4.74. The van der Waals surface area contributed by atoms with Crippen LogP contribution in [-0.2, 0) is 11.2 Å². The minimum Gasteiger partial charge on any atom is -0.380 e. The first-order valence-corrected chi connectivity index (χ1v) is 9.97. The fraction of sp³-hybridized carbons (Fsp3) is 0.375. The van der Waals surface area contributed by atoms with Crippen LogP contribution in [0.3, 0.4) is 0 Å². The number of hydrogen-bond donors (Lipinski definition) is 2. The lowest BCUT2D eigenvalue weighted by molar-refractivity contribution is -0.137. The first kappa shape index (κ1) is 21.7. The molecule has 0 saturated heterocycles. The molecule has 0 aliphatic carbocycles. The van der Waals surface area contributed by atoms with Gasteiger partial charge < -0.3 is 14.9 Å². The Balaban J connectivity index is 1.92. The molecule has 0 spiro atoms. The van der Waals surface area contributed by atoms with Gasteiger partial charge in [-0.25, -0.2) is 4.79 Å². The zero-order valence-electron chi connectivity index (χ0n) is 18.1. The third-order valence-corrected chi connectivity index (χ3v) is 5.02. The quantitative estimate of drug-likeness (QED) is 0.661. The van der Waals surface area contributed by atoms with Crippen LogP contribution in [-0.4, -0.2) is 21.8 Å². The van der Waals surface area contributed by atoms with E-state index in [1.165, 1.54) is 0 Å². The van der Waals surface area contributed by atoms with Crippen LogP contribution in [0.5, 0.6) is 0 Å². The molecule has 2 N–H and O–H groups in total. The number of anilines is 1. The Labute approximate surface area is 175 Å². The number of benzene rings is 2. The molecule has 3 rings (SSSR count).